The zero-order valence-electron chi connectivity index (χ0n) is 7.69. The number of hydrogen-bond acceptors (Lipinski definition) is 2. The van der Waals surface area contributed by atoms with Gasteiger partial charge in [0.2, 0.25) is 0 Å². The molecule has 0 heterocycles. The predicted octanol–water partition coefficient (Wildman–Crippen LogP) is 2.60. The molecule has 0 bridgehead atoms. The quantitative estimate of drug-likeness (QED) is 0.677. The summed E-state index contributed by atoms with van der Waals surface area (Å²) in [5.74, 6) is 0. The van der Waals surface area contributed by atoms with E-state index in [1.54, 1.807) is 18.2 Å². The molecule has 0 atom stereocenters. The third-order valence-corrected chi connectivity index (χ3v) is 1.96. The first-order valence-electron chi connectivity index (χ1n) is 4.10. The van der Waals surface area contributed by atoms with Crippen LogP contribution in [0.2, 0.25) is 0 Å². The monoisotopic (exact) mass is 186 g/mol. The molecule has 2 nitrogen and oxygen atoms in total. The van der Waals surface area contributed by atoms with Crippen molar-refractivity contribution < 1.29 is 9.59 Å². The normalized spacial score (nSPS) is 9.14. The summed E-state index contributed by atoms with van der Waals surface area (Å²) in [7, 11) is 0. The van der Waals surface area contributed by atoms with Crippen LogP contribution < -0.4 is 0 Å². The first-order valence-corrected chi connectivity index (χ1v) is 4.10. The van der Waals surface area contributed by atoms with Crippen molar-refractivity contribution in [2.24, 2.45) is 0 Å². The highest BCUT2D eigenvalue weighted by Crippen LogP contribution is 2.17. The van der Waals surface area contributed by atoms with E-state index >= 15 is 0 Å². The largest absolute Gasteiger partial charge is 0.298 e. The number of hydrogen-bond donors (Lipinski definition) is 0. The van der Waals surface area contributed by atoms with E-state index in [0.29, 0.717) is 29.3 Å². The maximum absolute atomic E-state index is 10.7. The zero-order chi connectivity index (χ0) is 10.6. The van der Waals surface area contributed by atoms with E-state index in [9.17, 15) is 9.59 Å². The van der Waals surface area contributed by atoms with Crippen LogP contribution in [-0.2, 0) is 0 Å². The highest BCUT2D eigenvalue weighted by molar-refractivity contribution is 5.92. The number of carbonyl (C=O) groups is 2. The molecule has 0 N–H and O–H groups in total. The van der Waals surface area contributed by atoms with Crippen molar-refractivity contribution >= 4 is 24.7 Å². The Morgan fingerprint density at radius 3 is 1.71 bits per heavy atom. The van der Waals surface area contributed by atoms with Crippen LogP contribution in [0.4, 0.5) is 0 Å². The second-order valence-electron chi connectivity index (χ2n) is 2.76. The van der Waals surface area contributed by atoms with Crippen molar-refractivity contribution in [3.8, 4) is 0 Å². The van der Waals surface area contributed by atoms with Crippen molar-refractivity contribution in [2.45, 2.75) is 0 Å². The number of carbonyl (C=O) groups excluding carboxylic acids is 2. The van der Waals surface area contributed by atoms with Crippen molar-refractivity contribution in [2.75, 3.05) is 0 Å². The average molecular weight is 186 g/mol. The van der Waals surface area contributed by atoms with Crippen LogP contribution >= 0.6 is 0 Å². The summed E-state index contributed by atoms with van der Waals surface area (Å²) < 4.78 is 0. The van der Waals surface area contributed by atoms with Crippen LogP contribution in [0.3, 0.4) is 0 Å². The minimum absolute atomic E-state index is 0.458. The Hall–Kier alpha value is -1.96. The van der Waals surface area contributed by atoms with E-state index in [1.807, 2.05) is 0 Å². The molecular formula is C12H10O2. The fraction of sp³-hybridized carbons (Fsp3) is 0. The molecule has 0 unspecified atom stereocenters. The van der Waals surface area contributed by atoms with Gasteiger partial charge in [-0.05, 0) is 23.3 Å². The zero-order valence-corrected chi connectivity index (χ0v) is 7.69. The van der Waals surface area contributed by atoms with Crippen molar-refractivity contribution in [1.29, 1.82) is 0 Å². The molecule has 0 radical (unpaired) electrons. The average Bonchev–Trinajstić information content (AvgIpc) is 2.26. The summed E-state index contributed by atoms with van der Waals surface area (Å²) in [5.41, 5.74) is 2.24. The Bertz CT molecular complexity index is 374. The molecule has 14 heavy (non-hydrogen) atoms. The molecule has 0 fully saturated rings. The maximum atomic E-state index is 10.7. The molecule has 0 amide bonds. The van der Waals surface area contributed by atoms with E-state index in [-0.39, 0.29) is 0 Å². The molecule has 70 valence electrons. The van der Waals surface area contributed by atoms with Crippen LogP contribution in [-0.4, -0.2) is 12.6 Å². The Labute approximate surface area is 82.6 Å². The summed E-state index contributed by atoms with van der Waals surface area (Å²) in [6.45, 7) is 7.14. The van der Waals surface area contributed by atoms with Crippen LogP contribution in [0.5, 0.6) is 0 Å². The Balaban J connectivity index is 3.53. The van der Waals surface area contributed by atoms with E-state index < -0.39 is 0 Å². The van der Waals surface area contributed by atoms with Gasteiger partial charge in [-0.3, -0.25) is 9.59 Å². The Kier molecular flexibility index (Phi) is 3.13. The first kappa shape index (κ1) is 10.1. The molecule has 0 aliphatic rings. The second kappa shape index (κ2) is 4.33. The molecule has 2 heteroatoms. The van der Waals surface area contributed by atoms with Gasteiger partial charge < -0.3 is 0 Å². The summed E-state index contributed by atoms with van der Waals surface area (Å²) in [6.07, 6.45) is 4.50. The molecule has 0 saturated carbocycles. The van der Waals surface area contributed by atoms with E-state index in [1.165, 1.54) is 6.08 Å². The summed E-state index contributed by atoms with van der Waals surface area (Å²) in [4.78, 5) is 21.4. The van der Waals surface area contributed by atoms with E-state index in [0.717, 1.165) is 5.56 Å². The van der Waals surface area contributed by atoms with Gasteiger partial charge in [0.15, 0.2) is 12.6 Å². The fourth-order valence-electron chi connectivity index (χ4n) is 1.27. The molecule has 1 rings (SSSR count). The van der Waals surface area contributed by atoms with E-state index in [4.69, 9.17) is 0 Å². The Morgan fingerprint density at radius 2 is 1.43 bits per heavy atom. The lowest BCUT2D eigenvalue weighted by Gasteiger charge is -2.04. The summed E-state index contributed by atoms with van der Waals surface area (Å²) in [5, 5.41) is 0. The van der Waals surface area contributed by atoms with Gasteiger partial charge in [0.25, 0.3) is 0 Å². The molecule has 0 saturated heterocycles. The van der Waals surface area contributed by atoms with Crippen molar-refractivity contribution in [1.82, 2.24) is 0 Å². The minimum atomic E-state index is 0.458. The molecule has 0 aliphatic carbocycles. The minimum Gasteiger partial charge on any atom is -0.298 e. The third-order valence-electron chi connectivity index (χ3n) is 1.96. The smallest absolute Gasteiger partial charge is 0.150 e. The lowest BCUT2D eigenvalue weighted by molar-refractivity contribution is 0.112. The van der Waals surface area contributed by atoms with Crippen molar-refractivity contribution in [3.05, 3.63) is 47.5 Å². The standard InChI is InChI=1S/C12H10O2/c1-3-9-5-10(7-13)12(4-2)11(6-9)8-14/h3-8H,1-2H2. The van der Waals surface area contributed by atoms with Gasteiger partial charge in [-0.1, -0.05) is 25.3 Å². The van der Waals surface area contributed by atoms with Crippen molar-refractivity contribution in [3.63, 3.8) is 0 Å². The third kappa shape index (κ3) is 1.69. The number of benzene rings is 1. The highest BCUT2D eigenvalue weighted by Gasteiger charge is 2.05. The molecule has 0 aliphatic heterocycles. The number of aldehydes is 2. The van der Waals surface area contributed by atoms with Crippen LogP contribution in [0.1, 0.15) is 31.8 Å². The van der Waals surface area contributed by atoms with Crippen LogP contribution in [0.25, 0.3) is 12.2 Å². The van der Waals surface area contributed by atoms with Gasteiger partial charge >= 0.3 is 0 Å². The molecule has 0 spiro atoms. The molecular weight excluding hydrogens is 176 g/mol. The second-order valence-corrected chi connectivity index (χ2v) is 2.76. The summed E-state index contributed by atoms with van der Waals surface area (Å²) in [6, 6.07) is 3.34. The lowest BCUT2D eigenvalue weighted by atomic mass is 9.99. The van der Waals surface area contributed by atoms with Gasteiger partial charge in [0, 0.05) is 11.1 Å². The van der Waals surface area contributed by atoms with Gasteiger partial charge in [-0.2, -0.15) is 0 Å². The predicted molar refractivity (Wildman–Crippen MR) is 57.4 cm³/mol. The first-order chi connectivity index (χ1) is 6.76. The van der Waals surface area contributed by atoms with Gasteiger partial charge in [0.05, 0.1) is 0 Å². The Morgan fingerprint density at radius 1 is 0.929 bits per heavy atom. The van der Waals surface area contributed by atoms with Crippen LogP contribution in [0.15, 0.2) is 25.3 Å². The highest BCUT2D eigenvalue weighted by atomic mass is 16.1. The van der Waals surface area contributed by atoms with Crippen LogP contribution in [0, 0.1) is 0 Å². The van der Waals surface area contributed by atoms with Gasteiger partial charge in [-0.25, -0.2) is 0 Å². The fourth-order valence-corrected chi connectivity index (χ4v) is 1.27. The van der Waals surface area contributed by atoms with Gasteiger partial charge in [-0.15, -0.1) is 0 Å². The molecule has 1 aromatic carbocycles. The van der Waals surface area contributed by atoms with Gasteiger partial charge in [0.1, 0.15) is 0 Å². The summed E-state index contributed by atoms with van der Waals surface area (Å²) >= 11 is 0. The maximum Gasteiger partial charge on any atom is 0.150 e. The molecule has 0 aromatic heterocycles. The lowest BCUT2D eigenvalue weighted by Crippen LogP contribution is -1.94. The molecule has 1 aromatic rings. The SMILES string of the molecule is C=Cc1cc(C=O)c(C=C)c(C=O)c1. The number of rotatable bonds is 4. The van der Waals surface area contributed by atoms with E-state index in [2.05, 4.69) is 13.2 Å². The topological polar surface area (TPSA) is 34.1 Å².